The van der Waals surface area contributed by atoms with Crippen LogP contribution < -0.4 is 28.6 Å². The van der Waals surface area contributed by atoms with Gasteiger partial charge < -0.3 is 29.2 Å². The van der Waals surface area contributed by atoms with Crippen molar-refractivity contribution in [2.75, 3.05) is 46.3 Å². The summed E-state index contributed by atoms with van der Waals surface area (Å²) in [5.41, 5.74) is 0.803. The van der Waals surface area contributed by atoms with Crippen molar-refractivity contribution in [1.29, 1.82) is 0 Å². The Bertz CT molecular complexity index is 1530. The van der Waals surface area contributed by atoms with Crippen LogP contribution in [0.1, 0.15) is 12.5 Å². The molecule has 3 aromatic rings. The highest BCUT2D eigenvalue weighted by Crippen LogP contribution is 2.37. The van der Waals surface area contributed by atoms with Crippen LogP contribution in [-0.2, 0) is 26.2 Å². The van der Waals surface area contributed by atoms with Crippen LogP contribution in [0.15, 0.2) is 70.0 Å². The van der Waals surface area contributed by atoms with Crippen molar-refractivity contribution in [3.05, 3.63) is 70.7 Å². The van der Waals surface area contributed by atoms with Gasteiger partial charge in [-0.05, 0) is 48.9 Å². The van der Waals surface area contributed by atoms with Crippen LogP contribution in [0.2, 0.25) is 0 Å². The van der Waals surface area contributed by atoms with Crippen molar-refractivity contribution in [3.8, 4) is 23.0 Å². The molecule has 0 radical (unpaired) electrons. The number of nitrogens with one attached hydrogen (secondary N) is 1. The number of halogens is 1. The number of anilines is 1. The number of hydrogen-bond donors (Lipinski definition) is 1. The van der Waals surface area contributed by atoms with E-state index in [1.54, 1.807) is 19.1 Å². The molecular weight excluding hydrogens is 630 g/mol. The van der Waals surface area contributed by atoms with Gasteiger partial charge in [0.15, 0.2) is 11.5 Å². The lowest BCUT2D eigenvalue weighted by Crippen LogP contribution is -2.50. The molecule has 0 aliphatic carbocycles. The van der Waals surface area contributed by atoms with Crippen LogP contribution in [0.25, 0.3) is 0 Å². The molecule has 3 rings (SSSR count). The van der Waals surface area contributed by atoms with E-state index >= 15 is 0 Å². The third-order valence-corrected chi connectivity index (χ3v) is 8.78. The highest BCUT2D eigenvalue weighted by atomic mass is 79.9. The molecule has 0 saturated heterocycles. The molecule has 0 bridgehead atoms. The fourth-order valence-electron chi connectivity index (χ4n) is 4.23. The summed E-state index contributed by atoms with van der Waals surface area (Å²) in [5.74, 6) is 0.0113. The number of carbonyl (C=O) groups excluding carboxylic acids is 2. The van der Waals surface area contributed by atoms with Crippen molar-refractivity contribution in [3.63, 3.8) is 0 Å². The molecule has 1 N–H and O–H groups in total. The van der Waals surface area contributed by atoms with Crippen molar-refractivity contribution >= 4 is 43.5 Å². The second-order valence-electron chi connectivity index (χ2n) is 9.01. The molecule has 0 heterocycles. The zero-order valence-corrected chi connectivity index (χ0v) is 26.6. The number of likely N-dealkylation sites (N-methyl/N-ethyl adjacent to an activating group) is 1. The Hall–Kier alpha value is -3.97. The van der Waals surface area contributed by atoms with Gasteiger partial charge >= 0.3 is 0 Å². The van der Waals surface area contributed by atoms with E-state index < -0.39 is 34.4 Å². The molecule has 2 amide bonds. The van der Waals surface area contributed by atoms with Crippen molar-refractivity contribution in [2.45, 2.75) is 24.4 Å². The number of benzene rings is 3. The Balaban J connectivity index is 2.18. The summed E-state index contributed by atoms with van der Waals surface area (Å²) in [6, 6.07) is 15.1. The van der Waals surface area contributed by atoms with Crippen LogP contribution in [0, 0.1) is 0 Å². The summed E-state index contributed by atoms with van der Waals surface area (Å²) >= 11 is 3.43. The number of nitrogens with zero attached hydrogens (tertiary/aromatic N) is 2. The predicted molar refractivity (Wildman–Crippen MR) is 162 cm³/mol. The summed E-state index contributed by atoms with van der Waals surface area (Å²) in [6.45, 7) is 0.968. The highest BCUT2D eigenvalue weighted by molar-refractivity contribution is 9.10. The topological polar surface area (TPSA) is 124 Å². The molecule has 0 aliphatic heterocycles. The van der Waals surface area contributed by atoms with E-state index in [4.69, 9.17) is 18.9 Å². The van der Waals surface area contributed by atoms with Gasteiger partial charge in [0, 0.05) is 30.2 Å². The fraction of sp³-hybridized carbons (Fsp3) is 0.310. The first-order valence-corrected chi connectivity index (χ1v) is 15.0. The molecule has 0 saturated carbocycles. The molecule has 11 nitrogen and oxygen atoms in total. The number of hydrogen-bond acceptors (Lipinski definition) is 8. The molecule has 0 aromatic heterocycles. The van der Waals surface area contributed by atoms with E-state index in [1.165, 1.54) is 64.7 Å². The Morgan fingerprint density at radius 1 is 0.881 bits per heavy atom. The van der Waals surface area contributed by atoms with Crippen molar-refractivity contribution < 1.29 is 37.0 Å². The summed E-state index contributed by atoms with van der Waals surface area (Å²) in [7, 11) is 2.70. The number of sulfonamides is 1. The molecule has 0 fully saturated rings. The molecule has 1 atom stereocenters. The Labute approximate surface area is 254 Å². The third-order valence-electron chi connectivity index (χ3n) is 6.53. The quantitative estimate of drug-likeness (QED) is 0.293. The van der Waals surface area contributed by atoms with E-state index in [9.17, 15) is 18.0 Å². The summed E-state index contributed by atoms with van der Waals surface area (Å²) in [6.07, 6.45) is 0. The maximum atomic E-state index is 14.3. The lowest BCUT2D eigenvalue weighted by atomic mass is 10.1. The lowest BCUT2D eigenvalue weighted by molar-refractivity contribution is -0.139. The summed E-state index contributed by atoms with van der Waals surface area (Å²) in [4.78, 5) is 27.9. The maximum absolute atomic E-state index is 14.3. The number of rotatable bonds is 13. The first-order valence-electron chi connectivity index (χ1n) is 12.7. The number of carbonyl (C=O) groups is 2. The first kappa shape index (κ1) is 32.5. The van der Waals surface area contributed by atoms with Crippen LogP contribution >= 0.6 is 15.9 Å². The Kier molecular flexibility index (Phi) is 11.1. The number of ether oxygens (including phenoxy) is 4. The van der Waals surface area contributed by atoms with Crippen molar-refractivity contribution in [2.24, 2.45) is 0 Å². The molecule has 226 valence electrons. The van der Waals surface area contributed by atoms with E-state index in [2.05, 4.69) is 21.2 Å². The average molecular weight is 665 g/mol. The first-order chi connectivity index (χ1) is 20.0. The van der Waals surface area contributed by atoms with E-state index in [0.29, 0.717) is 11.5 Å². The number of amides is 2. The predicted octanol–water partition coefficient (Wildman–Crippen LogP) is 3.84. The zero-order chi connectivity index (χ0) is 31.0. The van der Waals surface area contributed by atoms with Gasteiger partial charge in [-0.3, -0.25) is 13.9 Å². The van der Waals surface area contributed by atoms with Gasteiger partial charge in [-0.1, -0.05) is 28.1 Å². The smallest absolute Gasteiger partial charge is 0.265 e. The van der Waals surface area contributed by atoms with Gasteiger partial charge in [0.2, 0.25) is 11.8 Å². The van der Waals surface area contributed by atoms with Gasteiger partial charge in [-0.2, -0.15) is 0 Å². The lowest BCUT2D eigenvalue weighted by Gasteiger charge is -2.32. The summed E-state index contributed by atoms with van der Waals surface area (Å²) < 4.78 is 51.7. The molecule has 0 spiro atoms. The number of methoxy groups -OCH3 is 4. The maximum Gasteiger partial charge on any atom is 0.265 e. The molecule has 0 aliphatic rings. The van der Waals surface area contributed by atoms with E-state index in [0.717, 1.165) is 14.3 Å². The normalized spacial score (nSPS) is 11.7. The van der Waals surface area contributed by atoms with Crippen LogP contribution in [-0.4, -0.2) is 73.2 Å². The Morgan fingerprint density at radius 2 is 1.55 bits per heavy atom. The minimum absolute atomic E-state index is 0.0480. The van der Waals surface area contributed by atoms with Crippen LogP contribution in [0.5, 0.6) is 23.0 Å². The molecular formula is C29H34BrN3O8S. The second kappa shape index (κ2) is 14.3. The summed E-state index contributed by atoms with van der Waals surface area (Å²) in [5, 5.41) is 2.56. The monoisotopic (exact) mass is 663 g/mol. The third kappa shape index (κ3) is 7.26. The minimum atomic E-state index is -4.42. The zero-order valence-electron chi connectivity index (χ0n) is 24.2. The van der Waals surface area contributed by atoms with E-state index in [-0.39, 0.29) is 28.6 Å². The standard InChI is InChI=1S/C29H34BrN3O8S/c1-19(29(35)31-2)32(17-20-8-7-9-21(30)14-20)28(34)18-33(24-15-22(38-3)10-12-25(24)39-4)42(36,37)23-11-13-26(40-5)27(16-23)41-6/h7-16,19H,17-18H2,1-6H3,(H,31,35). The largest absolute Gasteiger partial charge is 0.497 e. The van der Waals surface area contributed by atoms with Gasteiger partial charge in [-0.15, -0.1) is 0 Å². The van der Waals surface area contributed by atoms with E-state index in [1.807, 2.05) is 24.3 Å². The molecule has 13 heteroatoms. The Morgan fingerprint density at radius 3 is 2.14 bits per heavy atom. The van der Waals surface area contributed by atoms with Gasteiger partial charge in [-0.25, -0.2) is 8.42 Å². The average Bonchev–Trinajstić information content (AvgIpc) is 3.00. The SMILES string of the molecule is CNC(=O)C(C)N(Cc1cccc(Br)c1)C(=O)CN(c1cc(OC)ccc1OC)S(=O)(=O)c1ccc(OC)c(OC)c1. The fourth-order valence-corrected chi connectivity index (χ4v) is 6.11. The van der Waals surface area contributed by atoms with Crippen LogP contribution in [0.3, 0.4) is 0 Å². The van der Waals surface area contributed by atoms with Crippen molar-refractivity contribution in [1.82, 2.24) is 10.2 Å². The van der Waals surface area contributed by atoms with Gasteiger partial charge in [0.1, 0.15) is 24.1 Å². The second-order valence-corrected chi connectivity index (χ2v) is 11.8. The molecule has 42 heavy (non-hydrogen) atoms. The van der Waals surface area contributed by atoms with Gasteiger partial charge in [0.05, 0.1) is 39.0 Å². The molecule has 3 aromatic carbocycles. The van der Waals surface area contributed by atoms with Crippen LogP contribution in [0.4, 0.5) is 5.69 Å². The minimum Gasteiger partial charge on any atom is -0.497 e. The highest BCUT2D eigenvalue weighted by Gasteiger charge is 2.34. The van der Waals surface area contributed by atoms with Gasteiger partial charge in [0.25, 0.3) is 10.0 Å². The molecule has 1 unspecified atom stereocenters.